The van der Waals surface area contributed by atoms with Gasteiger partial charge in [-0.2, -0.15) is 4.72 Å². The van der Waals surface area contributed by atoms with Crippen LogP contribution in [0, 0.1) is 6.92 Å². The first-order valence-electron chi connectivity index (χ1n) is 11.9. The van der Waals surface area contributed by atoms with Gasteiger partial charge in [0.15, 0.2) is 0 Å². The Kier molecular flexibility index (Phi) is 7.66. The van der Waals surface area contributed by atoms with Gasteiger partial charge in [0.25, 0.3) is 0 Å². The number of nitrogens with one attached hydrogen (secondary N) is 3. The molecule has 34 heavy (non-hydrogen) atoms. The summed E-state index contributed by atoms with van der Waals surface area (Å²) >= 11 is 0. The van der Waals surface area contributed by atoms with Crippen molar-refractivity contribution >= 4 is 26.7 Å². The van der Waals surface area contributed by atoms with Crippen molar-refractivity contribution in [3.63, 3.8) is 0 Å². The Morgan fingerprint density at radius 3 is 2.56 bits per heavy atom. The molecule has 3 N–H and O–H groups in total. The topological polar surface area (TPSA) is 87.3 Å². The van der Waals surface area contributed by atoms with Gasteiger partial charge in [0.05, 0.1) is 10.9 Å². The highest BCUT2D eigenvalue weighted by molar-refractivity contribution is 7.89. The standard InChI is InChI=1S/C27H33N3O3S/c1-19-16-17-26(23-13-6-5-11-21(19)23)34(32,33)30-25(15-8-18-28-2)27(31)29-24-14-7-10-20-9-3-4-12-22(20)24/h3-6,9,11-13,16-17,24-25,28,30H,7-8,10,14-15,18H2,1-2H3,(H,29,31)/t24?,25-/m0/s1. The van der Waals surface area contributed by atoms with Crippen LogP contribution in [0.3, 0.4) is 0 Å². The van der Waals surface area contributed by atoms with Gasteiger partial charge in [-0.25, -0.2) is 8.42 Å². The maximum atomic E-state index is 13.5. The van der Waals surface area contributed by atoms with E-state index in [1.54, 1.807) is 6.07 Å². The van der Waals surface area contributed by atoms with Crippen LogP contribution in [0.1, 0.15) is 48.4 Å². The van der Waals surface area contributed by atoms with Crippen LogP contribution >= 0.6 is 0 Å². The third-order valence-electron chi connectivity index (χ3n) is 6.61. The fraction of sp³-hybridized carbons (Fsp3) is 0.370. The van der Waals surface area contributed by atoms with Gasteiger partial charge in [0.2, 0.25) is 15.9 Å². The lowest BCUT2D eigenvalue weighted by Gasteiger charge is -2.28. The van der Waals surface area contributed by atoms with Crippen LogP contribution in [0.2, 0.25) is 0 Å². The Bertz CT molecular complexity index is 1270. The largest absolute Gasteiger partial charge is 0.348 e. The maximum absolute atomic E-state index is 13.5. The predicted octanol–water partition coefficient (Wildman–Crippen LogP) is 3.99. The molecule has 0 saturated heterocycles. The van der Waals surface area contributed by atoms with Crippen LogP contribution in [-0.4, -0.2) is 34.0 Å². The van der Waals surface area contributed by atoms with Gasteiger partial charge in [-0.15, -0.1) is 0 Å². The van der Waals surface area contributed by atoms with Crippen molar-refractivity contribution in [1.82, 2.24) is 15.4 Å². The molecular formula is C27H33N3O3S. The van der Waals surface area contributed by atoms with E-state index in [2.05, 4.69) is 27.5 Å². The normalized spacial score (nSPS) is 16.7. The summed E-state index contributed by atoms with van der Waals surface area (Å²) in [5, 5.41) is 7.76. The summed E-state index contributed by atoms with van der Waals surface area (Å²) < 4.78 is 29.7. The third-order valence-corrected chi connectivity index (χ3v) is 8.14. The molecule has 2 atom stereocenters. The lowest BCUT2D eigenvalue weighted by molar-refractivity contribution is -0.123. The Hall–Kier alpha value is -2.74. The molecule has 3 aromatic carbocycles. The van der Waals surface area contributed by atoms with E-state index in [1.807, 2.05) is 56.4 Å². The minimum absolute atomic E-state index is 0.103. The lowest BCUT2D eigenvalue weighted by Crippen LogP contribution is -2.48. The molecule has 1 amide bonds. The van der Waals surface area contributed by atoms with Crippen molar-refractivity contribution in [3.8, 4) is 0 Å². The minimum atomic E-state index is -3.92. The molecule has 0 aliphatic heterocycles. The molecule has 1 unspecified atom stereocenters. The van der Waals surface area contributed by atoms with E-state index >= 15 is 0 Å². The predicted molar refractivity (Wildman–Crippen MR) is 136 cm³/mol. The average molecular weight is 480 g/mol. The van der Waals surface area contributed by atoms with E-state index in [4.69, 9.17) is 0 Å². The fourth-order valence-corrected chi connectivity index (χ4v) is 6.25. The number of rotatable bonds is 9. The first-order valence-corrected chi connectivity index (χ1v) is 13.4. The minimum Gasteiger partial charge on any atom is -0.348 e. The summed E-state index contributed by atoms with van der Waals surface area (Å²) in [5.41, 5.74) is 3.38. The van der Waals surface area contributed by atoms with Gasteiger partial charge in [0, 0.05) is 5.39 Å². The van der Waals surface area contributed by atoms with E-state index in [0.29, 0.717) is 24.8 Å². The second-order valence-corrected chi connectivity index (χ2v) is 10.7. The van der Waals surface area contributed by atoms with Crippen molar-refractivity contribution < 1.29 is 13.2 Å². The van der Waals surface area contributed by atoms with Gasteiger partial charge in [-0.3, -0.25) is 4.79 Å². The summed E-state index contributed by atoms with van der Waals surface area (Å²) in [5.74, 6) is -0.280. The molecule has 4 rings (SSSR count). The highest BCUT2D eigenvalue weighted by atomic mass is 32.2. The van der Waals surface area contributed by atoms with Gasteiger partial charge < -0.3 is 10.6 Å². The van der Waals surface area contributed by atoms with E-state index in [-0.39, 0.29) is 16.8 Å². The van der Waals surface area contributed by atoms with E-state index in [1.165, 1.54) is 5.56 Å². The number of aryl methyl sites for hydroxylation is 2. The molecular weight excluding hydrogens is 446 g/mol. The van der Waals surface area contributed by atoms with Gasteiger partial charge >= 0.3 is 0 Å². The van der Waals surface area contributed by atoms with E-state index in [9.17, 15) is 13.2 Å². The quantitative estimate of drug-likeness (QED) is 0.405. The zero-order chi connectivity index (χ0) is 24.1. The van der Waals surface area contributed by atoms with Crippen LogP contribution < -0.4 is 15.4 Å². The van der Waals surface area contributed by atoms with Crippen LogP contribution in [0.15, 0.2) is 65.6 Å². The SMILES string of the molecule is CNCCC[C@H](NS(=O)(=O)c1ccc(C)c2ccccc12)C(=O)NC1CCCc2ccccc21. The van der Waals surface area contributed by atoms with Crippen molar-refractivity contribution in [2.45, 2.75) is 56.0 Å². The molecule has 0 saturated carbocycles. The summed E-state index contributed by atoms with van der Waals surface area (Å²) in [4.78, 5) is 13.6. The van der Waals surface area contributed by atoms with Crippen molar-refractivity contribution in [3.05, 3.63) is 77.4 Å². The third kappa shape index (κ3) is 5.32. The smallest absolute Gasteiger partial charge is 0.241 e. The monoisotopic (exact) mass is 479 g/mol. The number of carbonyl (C=O) groups excluding carboxylic acids is 1. The molecule has 0 spiro atoms. The molecule has 0 radical (unpaired) electrons. The number of carbonyl (C=O) groups is 1. The van der Waals surface area contributed by atoms with Crippen LogP contribution in [0.4, 0.5) is 0 Å². The lowest BCUT2D eigenvalue weighted by atomic mass is 9.87. The summed E-state index contributed by atoms with van der Waals surface area (Å²) in [6.07, 6.45) is 3.92. The second-order valence-electron chi connectivity index (χ2n) is 9.00. The highest BCUT2D eigenvalue weighted by Gasteiger charge is 2.29. The molecule has 6 nitrogen and oxygen atoms in total. The molecule has 0 fully saturated rings. The number of hydrogen-bond acceptors (Lipinski definition) is 4. The maximum Gasteiger partial charge on any atom is 0.241 e. The highest BCUT2D eigenvalue weighted by Crippen LogP contribution is 2.30. The number of benzene rings is 3. The first-order chi connectivity index (χ1) is 16.4. The summed E-state index contributed by atoms with van der Waals surface area (Å²) in [7, 11) is -2.07. The number of hydrogen-bond donors (Lipinski definition) is 3. The first kappa shape index (κ1) is 24.4. The zero-order valence-electron chi connectivity index (χ0n) is 19.8. The molecule has 0 bridgehead atoms. The van der Waals surface area contributed by atoms with Crippen LogP contribution in [0.25, 0.3) is 10.8 Å². The molecule has 3 aromatic rings. The molecule has 0 heterocycles. The molecule has 7 heteroatoms. The Balaban J connectivity index is 1.59. The van der Waals surface area contributed by atoms with Crippen molar-refractivity contribution in [2.24, 2.45) is 0 Å². The zero-order valence-corrected chi connectivity index (χ0v) is 20.6. The van der Waals surface area contributed by atoms with Gasteiger partial charge in [-0.05, 0) is 80.8 Å². The van der Waals surface area contributed by atoms with Crippen molar-refractivity contribution in [2.75, 3.05) is 13.6 Å². The van der Waals surface area contributed by atoms with Crippen LogP contribution in [0.5, 0.6) is 0 Å². The van der Waals surface area contributed by atoms with Gasteiger partial charge in [-0.1, -0.05) is 54.6 Å². The fourth-order valence-electron chi connectivity index (χ4n) is 4.81. The summed E-state index contributed by atoms with van der Waals surface area (Å²) in [6.45, 7) is 2.66. The Labute approximate surface area is 202 Å². The molecule has 180 valence electrons. The van der Waals surface area contributed by atoms with Crippen molar-refractivity contribution in [1.29, 1.82) is 0 Å². The van der Waals surface area contributed by atoms with Gasteiger partial charge in [0.1, 0.15) is 6.04 Å². The average Bonchev–Trinajstić information content (AvgIpc) is 2.84. The molecule has 1 aliphatic rings. The van der Waals surface area contributed by atoms with Crippen LogP contribution in [-0.2, 0) is 21.2 Å². The number of amides is 1. The molecule has 0 aromatic heterocycles. The number of sulfonamides is 1. The Morgan fingerprint density at radius 2 is 1.76 bits per heavy atom. The number of fused-ring (bicyclic) bond motifs is 2. The van der Waals surface area contributed by atoms with E-state index in [0.717, 1.165) is 35.8 Å². The van der Waals surface area contributed by atoms with E-state index < -0.39 is 16.1 Å². The molecule has 1 aliphatic carbocycles. The summed E-state index contributed by atoms with van der Waals surface area (Å²) in [6, 6.07) is 18.1. The Morgan fingerprint density at radius 1 is 1.03 bits per heavy atom. The second kappa shape index (κ2) is 10.7.